The zero-order valence-corrected chi connectivity index (χ0v) is 40.3. The third-order valence-electron chi connectivity index (χ3n) is 15.1. The monoisotopic (exact) mass is 804 g/mol. The second kappa shape index (κ2) is 13.1. The van der Waals surface area contributed by atoms with Crippen molar-refractivity contribution in [2.24, 2.45) is 0 Å². The van der Waals surface area contributed by atoms with Crippen LogP contribution in [0, 0.1) is 0 Å². The van der Waals surface area contributed by atoms with E-state index >= 15 is 0 Å². The largest absolute Gasteiger partial charge is 0.309 e. The third-order valence-corrected chi connectivity index (χ3v) is 15.1. The molecule has 0 amide bonds. The molecule has 1 nitrogen and oxygen atoms in total. The molecule has 314 valence electrons. The number of nitrogens with zero attached hydrogens (tertiary/aromatic N) is 1. The van der Waals surface area contributed by atoms with Gasteiger partial charge in [0.1, 0.15) is 0 Å². The Labute approximate surface area is 368 Å². The highest BCUT2D eigenvalue weighted by atomic mass is 15.2. The number of anilines is 3. The summed E-state index contributed by atoms with van der Waals surface area (Å²) in [7, 11) is 0. The van der Waals surface area contributed by atoms with Gasteiger partial charge in [0.2, 0.25) is 0 Å². The first-order valence-electron chi connectivity index (χ1n) is 23.0. The fourth-order valence-corrected chi connectivity index (χ4v) is 11.0. The zero-order valence-electron chi connectivity index (χ0n) is 40.3. The summed E-state index contributed by atoms with van der Waals surface area (Å²) >= 11 is 0. The van der Waals surface area contributed by atoms with Crippen LogP contribution in [0.3, 0.4) is 0 Å². The number of rotatable bonds is 4. The van der Waals surface area contributed by atoms with Gasteiger partial charge < -0.3 is 4.90 Å². The smallest absolute Gasteiger partial charge is 0.0546 e. The normalized spacial score (nSPS) is 16.5. The summed E-state index contributed by atoms with van der Waals surface area (Å²) in [4.78, 5) is 2.71. The van der Waals surface area contributed by atoms with Gasteiger partial charge in [-0.15, -0.1) is 0 Å². The summed E-state index contributed by atoms with van der Waals surface area (Å²) in [6, 6.07) is 41.4. The molecule has 6 aromatic rings. The predicted octanol–water partition coefficient (Wildman–Crippen LogP) is 17.1. The van der Waals surface area contributed by atoms with Crippen molar-refractivity contribution in [3.63, 3.8) is 0 Å². The van der Waals surface area contributed by atoms with E-state index in [0.29, 0.717) is 5.92 Å². The van der Waals surface area contributed by atoms with E-state index in [2.05, 4.69) is 226 Å². The van der Waals surface area contributed by atoms with E-state index in [1.54, 1.807) is 0 Å². The molecule has 0 bridgehead atoms. The van der Waals surface area contributed by atoms with Gasteiger partial charge in [-0.05, 0) is 124 Å². The van der Waals surface area contributed by atoms with Gasteiger partial charge in [-0.1, -0.05) is 197 Å². The average molecular weight is 804 g/mol. The lowest BCUT2D eigenvalue weighted by Crippen LogP contribution is -2.22. The second-order valence-electron chi connectivity index (χ2n) is 23.8. The molecule has 0 aromatic heterocycles. The lowest BCUT2D eigenvalue weighted by Gasteiger charge is -2.35. The Hall–Kier alpha value is -4.88. The van der Waals surface area contributed by atoms with Crippen molar-refractivity contribution >= 4 is 17.1 Å². The minimum atomic E-state index is -0.188. The molecule has 0 N–H and O–H groups in total. The second-order valence-corrected chi connectivity index (χ2v) is 23.8. The molecule has 6 aromatic carbocycles. The van der Waals surface area contributed by atoms with Gasteiger partial charge in [-0.25, -0.2) is 0 Å². The van der Waals surface area contributed by atoms with Crippen LogP contribution >= 0.6 is 0 Å². The SMILES string of the molecule is CC(C)c1ccc2c(c1)C(C)(C)c1cc(C(C)(C)C)cc(N(c3ccc4c(c3)C(C)(C)c3ccccc3-4)c3cc(C(C)(C)C)cc4c3-c3ccc(C(C)(C)C)cc3C4(C)C)c1-2. The summed E-state index contributed by atoms with van der Waals surface area (Å²) in [6.07, 6.45) is 0. The van der Waals surface area contributed by atoms with Crippen molar-refractivity contribution < 1.29 is 0 Å². The van der Waals surface area contributed by atoms with Crippen LogP contribution in [0.2, 0.25) is 0 Å². The molecule has 0 atom stereocenters. The Kier molecular flexibility index (Phi) is 8.89. The fraction of sp³-hybridized carbons (Fsp3) is 0.400. The molecular formula is C60H69N. The molecule has 61 heavy (non-hydrogen) atoms. The Bertz CT molecular complexity index is 2800. The molecule has 3 aliphatic carbocycles. The van der Waals surface area contributed by atoms with Crippen molar-refractivity contribution in [3.05, 3.63) is 159 Å². The average Bonchev–Trinajstić information content (AvgIpc) is 3.66. The minimum Gasteiger partial charge on any atom is -0.309 e. The summed E-state index contributed by atoms with van der Waals surface area (Å²) in [5.74, 6) is 0.453. The number of benzene rings is 6. The highest BCUT2D eigenvalue weighted by Gasteiger charge is 2.44. The highest BCUT2D eigenvalue weighted by molar-refractivity contribution is 6.01. The third kappa shape index (κ3) is 6.14. The first kappa shape index (κ1) is 41.5. The Morgan fingerprint density at radius 1 is 0.393 bits per heavy atom. The molecule has 3 aliphatic rings. The van der Waals surface area contributed by atoms with E-state index < -0.39 is 0 Å². The van der Waals surface area contributed by atoms with E-state index in [0.717, 1.165) is 0 Å². The summed E-state index contributed by atoms with van der Waals surface area (Å²) in [5, 5.41) is 0. The Morgan fingerprint density at radius 2 is 0.820 bits per heavy atom. The number of hydrogen-bond donors (Lipinski definition) is 0. The van der Waals surface area contributed by atoms with Gasteiger partial charge in [0.05, 0.1) is 11.4 Å². The van der Waals surface area contributed by atoms with Crippen LogP contribution in [0.4, 0.5) is 17.1 Å². The highest BCUT2D eigenvalue weighted by Crippen LogP contribution is 2.61. The molecule has 0 spiro atoms. The van der Waals surface area contributed by atoms with Gasteiger partial charge in [-0.3, -0.25) is 0 Å². The molecular weight excluding hydrogens is 735 g/mol. The molecule has 1 heteroatoms. The van der Waals surface area contributed by atoms with Crippen LogP contribution in [-0.4, -0.2) is 0 Å². The van der Waals surface area contributed by atoms with Crippen LogP contribution in [0.15, 0.2) is 103 Å². The van der Waals surface area contributed by atoms with E-state index in [9.17, 15) is 0 Å². The van der Waals surface area contributed by atoms with Gasteiger partial charge in [0.15, 0.2) is 0 Å². The van der Waals surface area contributed by atoms with Crippen LogP contribution in [0.1, 0.15) is 179 Å². The van der Waals surface area contributed by atoms with Crippen molar-refractivity contribution in [1.82, 2.24) is 0 Å². The number of hydrogen-bond acceptors (Lipinski definition) is 1. The topological polar surface area (TPSA) is 3.24 Å². The van der Waals surface area contributed by atoms with E-state index in [4.69, 9.17) is 0 Å². The lowest BCUT2D eigenvalue weighted by atomic mass is 9.77. The summed E-state index contributed by atoms with van der Waals surface area (Å²) < 4.78 is 0. The predicted molar refractivity (Wildman–Crippen MR) is 264 cm³/mol. The maximum absolute atomic E-state index is 2.71. The standard InChI is InChI=1S/C60H69N/c1-35(2)36-22-25-43-46(28-36)59(14,15)49-30-38(56(6,7)8)32-51(53(43)49)61(40-24-27-42-41-20-18-19-21-45(41)58(12,13)48(42)34-40)52-33-39(57(9,10)11)31-50-54(52)44-26-23-37(55(3,4)5)29-47(44)60(50,16)17/h18-35H,1-17H3. The van der Waals surface area contributed by atoms with Crippen LogP contribution in [0.5, 0.6) is 0 Å². The van der Waals surface area contributed by atoms with Crippen molar-refractivity contribution in [3.8, 4) is 33.4 Å². The van der Waals surface area contributed by atoms with Gasteiger partial charge in [0.25, 0.3) is 0 Å². The molecule has 0 unspecified atom stereocenters. The van der Waals surface area contributed by atoms with Crippen molar-refractivity contribution in [1.29, 1.82) is 0 Å². The summed E-state index contributed by atoms with van der Waals surface area (Å²) in [6.45, 7) is 40.6. The van der Waals surface area contributed by atoms with Crippen LogP contribution in [0.25, 0.3) is 33.4 Å². The van der Waals surface area contributed by atoms with E-state index in [-0.39, 0.29) is 32.5 Å². The first-order valence-corrected chi connectivity index (χ1v) is 23.0. The number of fused-ring (bicyclic) bond motifs is 9. The Morgan fingerprint density at radius 3 is 1.34 bits per heavy atom. The minimum absolute atomic E-state index is 0.0453. The van der Waals surface area contributed by atoms with Gasteiger partial charge >= 0.3 is 0 Å². The molecule has 0 saturated carbocycles. The lowest BCUT2D eigenvalue weighted by molar-refractivity contribution is 0.580. The maximum atomic E-state index is 2.71. The first-order chi connectivity index (χ1) is 28.2. The molecule has 0 radical (unpaired) electrons. The van der Waals surface area contributed by atoms with Crippen molar-refractivity contribution in [2.75, 3.05) is 4.90 Å². The maximum Gasteiger partial charge on any atom is 0.0546 e. The molecule has 9 rings (SSSR count). The van der Waals surface area contributed by atoms with E-state index in [1.807, 2.05) is 0 Å². The quantitative estimate of drug-likeness (QED) is 0.172. The molecule has 0 fully saturated rings. The fourth-order valence-electron chi connectivity index (χ4n) is 11.0. The van der Waals surface area contributed by atoms with Crippen LogP contribution in [-0.2, 0) is 32.5 Å². The molecule has 0 saturated heterocycles. The summed E-state index contributed by atoms with van der Waals surface area (Å²) in [5.41, 5.74) is 25.3. The Balaban J connectivity index is 1.45. The van der Waals surface area contributed by atoms with E-state index in [1.165, 1.54) is 106 Å². The van der Waals surface area contributed by atoms with Gasteiger partial charge in [0, 0.05) is 33.1 Å². The van der Waals surface area contributed by atoms with Crippen LogP contribution < -0.4 is 4.90 Å². The molecule has 0 heterocycles. The van der Waals surface area contributed by atoms with Crippen molar-refractivity contribution in [2.45, 2.75) is 156 Å². The zero-order chi connectivity index (χ0) is 44.1. The van der Waals surface area contributed by atoms with Gasteiger partial charge in [-0.2, -0.15) is 0 Å². The molecule has 0 aliphatic heterocycles.